The predicted molar refractivity (Wildman–Crippen MR) is 63.2 cm³/mol. The molecule has 2 rings (SSSR count). The first-order valence-corrected chi connectivity index (χ1v) is 4.94. The third-order valence-corrected chi connectivity index (χ3v) is 2.49. The highest BCUT2D eigenvalue weighted by molar-refractivity contribution is 5.67. The summed E-state index contributed by atoms with van der Waals surface area (Å²) in [6.07, 6.45) is 1.47. The van der Waals surface area contributed by atoms with Crippen LogP contribution in [0.3, 0.4) is 0 Å². The minimum absolute atomic E-state index is 0.515. The molecule has 4 nitrogen and oxygen atoms in total. The van der Waals surface area contributed by atoms with E-state index in [0.29, 0.717) is 5.82 Å². The molecule has 1 heterocycles. The van der Waals surface area contributed by atoms with Crippen molar-refractivity contribution in [3.8, 4) is 17.0 Å². The fourth-order valence-electron chi connectivity index (χ4n) is 1.50. The summed E-state index contributed by atoms with van der Waals surface area (Å²) < 4.78 is 5.10. The summed E-state index contributed by atoms with van der Waals surface area (Å²) in [6.45, 7) is 1.91. The third-order valence-electron chi connectivity index (χ3n) is 2.49. The Bertz CT molecular complexity index is 494. The molecule has 0 fully saturated rings. The number of aromatic nitrogens is 2. The van der Waals surface area contributed by atoms with E-state index in [4.69, 9.17) is 10.5 Å². The summed E-state index contributed by atoms with van der Waals surface area (Å²) in [7, 11) is 1.64. The van der Waals surface area contributed by atoms with Gasteiger partial charge in [-0.3, -0.25) is 0 Å². The lowest BCUT2D eigenvalue weighted by molar-refractivity contribution is 0.415. The van der Waals surface area contributed by atoms with E-state index in [-0.39, 0.29) is 0 Å². The molecule has 1 aromatic heterocycles. The molecule has 0 radical (unpaired) electrons. The lowest BCUT2D eigenvalue weighted by Crippen LogP contribution is -1.98. The minimum Gasteiger partial charge on any atom is -0.497 e. The first-order valence-electron chi connectivity index (χ1n) is 4.94. The van der Waals surface area contributed by atoms with Crippen molar-refractivity contribution in [2.75, 3.05) is 12.8 Å². The fourth-order valence-corrected chi connectivity index (χ4v) is 1.50. The highest BCUT2D eigenvalue weighted by Gasteiger charge is 2.06. The van der Waals surface area contributed by atoms with Gasteiger partial charge in [0.25, 0.3) is 0 Å². The van der Waals surface area contributed by atoms with Crippen LogP contribution in [0.1, 0.15) is 5.56 Å². The van der Waals surface area contributed by atoms with Gasteiger partial charge in [-0.2, -0.15) is 0 Å². The molecule has 0 bridgehead atoms. The maximum absolute atomic E-state index is 5.74. The van der Waals surface area contributed by atoms with E-state index in [1.807, 2.05) is 31.2 Å². The van der Waals surface area contributed by atoms with Crippen molar-refractivity contribution in [1.29, 1.82) is 0 Å². The van der Waals surface area contributed by atoms with Crippen LogP contribution >= 0.6 is 0 Å². The van der Waals surface area contributed by atoms with Crippen LogP contribution in [0, 0.1) is 6.92 Å². The lowest BCUT2D eigenvalue weighted by Gasteiger charge is -2.07. The van der Waals surface area contributed by atoms with Gasteiger partial charge in [-0.25, -0.2) is 9.97 Å². The number of hydrogen-bond donors (Lipinski definition) is 1. The molecule has 0 amide bonds. The van der Waals surface area contributed by atoms with E-state index in [1.54, 1.807) is 7.11 Å². The maximum atomic E-state index is 5.74. The van der Waals surface area contributed by atoms with Gasteiger partial charge < -0.3 is 10.5 Å². The van der Waals surface area contributed by atoms with Crippen LogP contribution < -0.4 is 10.5 Å². The van der Waals surface area contributed by atoms with Crippen LogP contribution in [0.15, 0.2) is 30.6 Å². The highest BCUT2D eigenvalue weighted by Crippen LogP contribution is 2.24. The number of anilines is 1. The quantitative estimate of drug-likeness (QED) is 0.832. The molecule has 1 aromatic carbocycles. The largest absolute Gasteiger partial charge is 0.497 e. The Kier molecular flexibility index (Phi) is 2.72. The number of methoxy groups -OCH3 is 1. The summed E-state index contributed by atoms with van der Waals surface area (Å²) in [5, 5.41) is 0. The lowest BCUT2D eigenvalue weighted by atomic mass is 10.1. The minimum atomic E-state index is 0.515. The van der Waals surface area contributed by atoms with E-state index in [0.717, 1.165) is 22.6 Å². The average Bonchev–Trinajstić information content (AvgIpc) is 2.33. The predicted octanol–water partition coefficient (Wildman–Crippen LogP) is 2.04. The summed E-state index contributed by atoms with van der Waals surface area (Å²) in [4.78, 5) is 8.17. The molecule has 0 atom stereocenters. The van der Waals surface area contributed by atoms with Gasteiger partial charge in [-0.15, -0.1) is 0 Å². The average molecular weight is 215 g/mol. The topological polar surface area (TPSA) is 61.0 Å². The molecule has 0 aliphatic rings. The normalized spacial score (nSPS) is 10.1. The molecule has 0 saturated carbocycles. The molecular weight excluding hydrogens is 202 g/mol. The Morgan fingerprint density at radius 1 is 1.12 bits per heavy atom. The van der Waals surface area contributed by atoms with Gasteiger partial charge in [0.2, 0.25) is 0 Å². The third kappa shape index (κ3) is 1.82. The van der Waals surface area contributed by atoms with Crippen LogP contribution in [-0.4, -0.2) is 17.1 Å². The van der Waals surface area contributed by atoms with Crippen molar-refractivity contribution >= 4 is 5.82 Å². The van der Waals surface area contributed by atoms with Crippen molar-refractivity contribution < 1.29 is 4.74 Å². The van der Waals surface area contributed by atoms with E-state index in [1.165, 1.54) is 6.33 Å². The highest BCUT2D eigenvalue weighted by atomic mass is 16.5. The van der Waals surface area contributed by atoms with Crippen molar-refractivity contribution in [1.82, 2.24) is 9.97 Å². The first kappa shape index (κ1) is 10.4. The molecule has 2 N–H and O–H groups in total. The molecule has 0 spiro atoms. The van der Waals surface area contributed by atoms with Gasteiger partial charge in [-0.05, 0) is 31.2 Å². The Morgan fingerprint density at radius 2 is 1.81 bits per heavy atom. The van der Waals surface area contributed by atoms with E-state index < -0.39 is 0 Å². The SMILES string of the molecule is COc1ccc(-c2ncnc(N)c2C)cc1. The van der Waals surface area contributed by atoms with Gasteiger partial charge in [-0.1, -0.05) is 0 Å². The van der Waals surface area contributed by atoms with Crippen LogP contribution in [-0.2, 0) is 0 Å². The van der Waals surface area contributed by atoms with E-state index in [9.17, 15) is 0 Å². The zero-order valence-electron chi connectivity index (χ0n) is 9.27. The second-order valence-electron chi connectivity index (χ2n) is 3.46. The molecule has 82 valence electrons. The number of nitrogens with zero attached hydrogens (tertiary/aromatic N) is 2. The van der Waals surface area contributed by atoms with Crippen molar-refractivity contribution in [3.63, 3.8) is 0 Å². The number of nitrogens with two attached hydrogens (primary N) is 1. The number of rotatable bonds is 2. The Hall–Kier alpha value is -2.10. The zero-order chi connectivity index (χ0) is 11.5. The van der Waals surface area contributed by atoms with Crippen molar-refractivity contribution in [2.24, 2.45) is 0 Å². The Morgan fingerprint density at radius 3 is 2.44 bits per heavy atom. The Labute approximate surface area is 94.1 Å². The molecule has 0 aliphatic carbocycles. The van der Waals surface area contributed by atoms with E-state index >= 15 is 0 Å². The number of nitrogen functional groups attached to an aromatic ring is 1. The number of ether oxygens (including phenoxy) is 1. The van der Waals surface area contributed by atoms with Crippen molar-refractivity contribution in [3.05, 3.63) is 36.2 Å². The maximum Gasteiger partial charge on any atom is 0.130 e. The van der Waals surface area contributed by atoms with Crippen LogP contribution in [0.4, 0.5) is 5.82 Å². The molecule has 2 aromatic rings. The molecule has 0 saturated heterocycles. The molecular formula is C12H13N3O. The van der Waals surface area contributed by atoms with Crippen molar-refractivity contribution in [2.45, 2.75) is 6.92 Å². The monoisotopic (exact) mass is 215 g/mol. The standard InChI is InChI=1S/C12H13N3O/c1-8-11(14-7-15-12(8)13)9-3-5-10(16-2)6-4-9/h3-7H,1-2H3,(H2,13,14,15). The molecule has 0 unspecified atom stereocenters. The van der Waals surface area contributed by atoms with Crippen LogP contribution in [0.5, 0.6) is 5.75 Å². The fraction of sp³-hybridized carbons (Fsp3) is 0.167. The van der Waals surface area contributed by atoms with Gasteiger partial charge in [0, 0.05) is 11.1 Å². The summed E-state index contributed by atoms with van der Waals surface area (Å²) in [5.41, 5.74) is 8.50. The summed E-state index contributed by atoms with van der Waals surface area (Å²) in [5.74, 6) is 1.34. The van der Waals surface area contributed by atoms with Gasteiger partial charge in [0.15, 0.2) is 0 Å². The summed E-state index contributed by atoms with van der Waals surface area (Å²) in [6, 6.07) is 7.70. The van der Waals surface area contributed by atoms with Gasteiger partial charge in [0.1, 0.15) is 17.9 Å². The zero-order valence-corrected chi connectivity index (χ0v) is 9.27. The summed E-state index contributed by atoms with van der Waals surface area (Å²) >= 11 is 0. The van der Waals surface area contributed by atoms with Gasteiger partial charge in [0.05, 0.1) is 12.8 Å². The Balaban J connectivity index is 2.46. The molecule has 4 heteroatoms. The number of hydrogen-bond acceptors (Lipinski definition) is 4. The number of benzene rings is 1. The van der Waals surface area contributed by atoms with Crippen LogP contribution in [0.25, 0.3) is 11.3 Å². The second kappa shape index (κ2) is 4.18. The van der Waals surface area contributed by atoms with Gasteiger partial charge >= 0.3 is 0 Å². The van der Waals surface area contributed by atoms with E-state index in [2.05, 4.69) is 9.97 Å². The second-order valence-corrected chi connectivity index (χ2v) is 3.46. The first-order chi connectivity index (χ1) is 7.72. The molecule has 0 aliphatic heterocycles. The van der Waals surface area contributed by atoms with Crippen LogP contribution in [0.2, 0.25) is 0 Å². The molecule has 16 heavy (non-hydrogen) atoms. The smallest absolute Gasteiger partial charge is 0.130 e.